The summed E-state index contributed by atoms with van der Waals surface area (Å²) in [5.41, 5.74) is 1.34. The molecule has 2 heteroatoms. The summed E-state index contributed by atoms with van der Waals surface area (Å²) >= 11 is 0. The average Bonchev–Trinajstić information content (AvgIpc) is 3.20. The van der Waals surface area contributed by atoms with E-state index in [4.69, 9.17) is 4.74 Å². The minimum absolute atomic E-state index is 0.423. The fourth-order valence-electron chi connectivity index (χ4n) is 2.40. The summed E-state index contributed by atoms with van der Waals surface area (Å²) in [6, 6.07) is 9.47. The van der Waals surface area contributed by atoms with Gasteiger partial charge in [0.2, 0.25) is 0 Å². The number of methoxy groups -OCH3 is 1. The second-order valence-electron chi connectivity index (χ2n) is 5.01. The van der Waals surface area contributed by atoms with Gasteiger partial charge in [-0.15, -0.1) is 0 Å². The van der Waals surface area contributed by atoms with E-state index >= 15 is 0 Å². The average molecular weight is 233 g/mol. The Labute approximate surface area is 104 Å². The summed E-state index contributed by atoms with van der Waals surface area (Å²) < 4.78 is 5.18. The Hall–Kier alpha value is -1.02. The minimum Gasteiger partial charge on any atom is -0.497 e. The van der Waals surface area contributed by atoms with Crippen molar-refractivity contribution in [2.45, 2.75) is 45.2 Å². The fourth-order valence-corrected chi connectivity index (χ4v) is 2.40. The predicted molar refractivity (Wildman–Crippen MR) is 71.3 cm³/mol. The van der Waals surface area contributed by atoms with Crippen LogP contribution >= 0.6 is 0 Å². The third-order valence-electron chi connectivity index (χ3n) is 3.71. The van der Waals surface area contributed by atoms with E-state index in [1.807, 2.05) is 12.1 Å². The van der Waals surface area contributed by atoms with Gasteiger partial charge in [-0.25, -0.2) is 0 Å². The lowest BCUT2D eigenvalue weighted by Crippen LogP contribution is -2.32. The zero-order chi connectivity index (χ0) is 12.3. The summed E-state index contributed by atoms with van der Waals surface area (Å²) in [6.07, 6.45) is 4.03. The molecular weight excluding hydrogens is 210 g/mol. The molecule has 0 aromatic heterocycles. The van der Waals surface area contributed by atoms with E-state index in [0.29, 0.717) is 12.1 Å². The lowest BCUT2D eigenvalue weighted by molar-refractivity contribution is 0.402. The molecule has 17 heavy (non-hydrogen) atoms. The molecule has 0 aliphatic heterocycles. The topological polar surface area (TPSA) is 21.3 Å². The first-order chi connectivity index (χ1) is 8.24. The van der Waals surface area contributed by atoms with Gasteiger partial charge < -0.3 is 10.1 Å². The van der Waals surface area contributed by atoms with Crippen LogP contribution < -0.4 is 10.1 Å². The lowest BCUT2D eigenvalue weighted by atomic mass is 10.0. The smallest absolute Gasteiger partial charge is 0.118 e. The van der Waals surface area contributed by atoms with E-state index in [9.17, 15) is 0 Å². The van der Waals surface area contributed by atoms with Crippen LogP contribution in [0.25, 0.3) is 0 Å². The highest BCUT2D eigenvalue weighted by Gasteiger charge is 2.30. The molecule has 0 heterocycles. The Balaban J connectivity index is 1.95. The molecule has 0 saturated heterocycles. The number of benzene rings is 1. The van der Waals surface area contributed by atoms with Crippen LogP contribution in [-0.4, -0.2) is 13.2 Å². The Kier molecular flexibility index (Phi) is 4.06. The molecule has 1 aliphatic carbocycles. The normalized spacial score (nSPS) is 18.8. The van der Waals surface area contributed by atoms with Crippen molar-refractivity contribution in [2.75, 3.05) is 7.11 Å². The molecule has 1 saturated carbocycles. The highest BCUT2D eigenvalue weighted by Crippen LogP contribution is 2.35. The number of nitrogens with one attached hydrogen (secondary N) is 1. The Morgan fingerprint density at radius 2 is 1.94 bits per heavy atom. The Morgan fingerprint density at radius 1 is 1.29 bits per heavy atom. The van der Waals surface area contributed by atoms with Crippen LogP contribution in [0, 0.1) is 5.92 Å². The third kappa shape index (κ3) is 3.22. The van der Waals surface area contributed by atoms with Crippen molar-refractivity contribution in [1.82, 2.24) is 5.32 Å². The zero-order valence-corrected chi connectivity index (χ0v) is 11.1. The van der Waals surface area contributed by atoms with Gasteiger partial charge in [-0.1, -0.05) is 19.1 Å². The molecule has 0 radical (unpaired) electrons. The number of rotatable bonds is 6. The molecule has 2 atom stereocenters. The van der Waals surface area contributed by atoms with Gasteiger partial charge >= 0.3 is 0 Å². The van der Waals surface area contributed by atoms with Crippen LogP contribution in [-0.2, 0) is 0 Å². The minimum atomic E-state index is 0.423. The first-order valence-corrected chi connectivity index (χ1v) is 6.64. The van der Waals surface area contributed by atoms with Gasteiger partial charge in [-0.3, -0.25) is 0 Å². The highest BCUT2D eigenvalue weighted by molar-refractivity contribution is 5.28. The first-order valence-electron chi connectivity index (χ1n) is 6.64. The monoisotopic (exact) mass is 233 g/mol. The molecule has 0 spiro atoms. The molecule has 1 N–H and O–H groups in total. The quantitative estimate of drug-likeness (QED) is 0.811. The largest absolute Gasteiger partial charge is 0.497 e. The maximum Gasteiger partial charge on any atom is 0.118 e. The molecule has 94 valence electrons. The van der Waals surface area contributed by atoms with Crippen molar-refractivity contribution in [3.05, 3.63) is 29.8 Å². The summed E-state index contributed by atoms with van der Waals surface area (Å²) in [5, 5.41) is 3.74. The van der Waals surface area contributed by atoms with Gasteiger partial charge in [-0.05, 0) is 49.8 Å². The van der Waals surface area contributed by atoms with Gasteiger partial charge in [0.1, 0.15) is 5.75 Å². The molecule has 1 unspecified atom stereocenters. The van der Waals surface area contributed by atoms with Crippen LogP contribution in [0.3, 0.4) is 0 Å². The molecule has 1 aromatic carbocycles. The van der Waals surface area contributed by atoms with E-state index < -0.39 is 0 Å². The van der Waals surface area contributed by atoms with E-state index in [0.717, 1.165) is 11.7 Å². The van der Waals surface area contributed by atoms with E-state index in [-0.39, 0.29) is 0 Å². The molecule has 1 aromatic rings. The van der Waals surface area contributed by atoms with Crippen molar-refractivity contribution in [1.29, 1.82) is 0 Å². The summed E-state index contributed by atoms with van der Waals surface area (Å²) in [7, 11) is 1.71. The maximum atomic E-state index is 5.18. The van der Waals surface area contributed by atoms with Crippen molar-refractivity contribution in [2.24, 2.45) is 5.92 Å². The molecule has 2 rings (SSSR count). The van der Waals surface area contributed by atoms with Crippen LogP contribution in [0.15, 0.2) is 24.3 Å². The van der Waals surface area contributed by atoms with Crippen molar-refractivity contribution in [3.8, 4) is 5.75 Å². The second kappa shape index (κ2) is 5.54. The molecule has 0 bridgehead atoms. The predicted octanol–water partition coefficient (Wildman–Crippen LogP) is 3.53. The van der Waals surface area contributed by atoms with Crippen LogP contribution in [0.1, 0.15) is 44.7 Å². The molecule has 2 nitrogen and oxygen atoms in total. The van der Waals surface area contributed by atoms with Gasteiger partial charge in [0.15, 0.2) is 0 Å². The van der Waals surface area contributed by atoms with Crippen LogP contribution in [0.2, 0.25) is 0 Å². The lowest BCUT2D eigenvalue weighted by Gasteiger charge is -2.22. The van der Waals surface area contributed by atoms with Gasteiger partial charge in [0, 0.05) is 12.1 Å². The van der Waals surface area contributed by atoms with Gasteiger partial charge in [-0.2, -0.15) is 0 Å². The Bertz CT molecular complexity index is 342. The van der Waals surface area contributed by atoms with Crippen molar-refractivity contribution >= 4 is 0 Å². The molecular formula is C15H23NO. The summed E-state index contributed by atoms with van der Waals surface area (Å²) in [5.74, 6) is 1.84. The molecule has 0 amide bonds. The summed E-state index contributed by atoms with van der Waals surface area (Å²) in [6.45, 7) is 4.52. The number of hydrogen-bond donors (Lipinski definition) is 1. The van der Waals surface area contributed by atoms with E-state index in [1.165, 1.54) is 24.8 Å². The fraction of sp³-hybridized carbons (Fsp3) is 0.600. The highest BCUT2D eigenvalue weighted by atomic mass is 16.5. The molecule has 1 fully saturated rings. The van der Waals surface area contributed by atoms with Crippen molar-refractivity contribution in [3.63, 3.8) is 0 Å². The van der Waals surface area contributed by atoms with E-state index in [1.54, 1.807) is 7.11 Å². The van der Waals surface area contributed by atoms with Gasteiger partial charge in [0.05, 0.1) is 7.11 Å². The van der Waals surface area contributed by atoms with E-state index in [2.05, 4.69) is 31.3 Å². The third-order valence-corrected chi connectivity index (χ3v) is 3.71. The molecule has 1 aliphatic rings. The number of hydrogen-bond acceptors (Lipinski definition) is 2. The first kappa shape index (κ1) is 12.4. The zero-order valence-electron chi connectivity index (χ0n) is 11.1. The van der Waals surface area contributed by atoms with Crippen LogP contribution in [0.5, 0.6) is 5.75 Å². The van der Waals surface area contributed by atoms with Crippen molar-refractivity contribution < 1.29 is 4.74 Å². The van der Waals surface area contributed by atoms with Gasteiger partial charge in [0.25, 0.3) is 0 Å². The second-order valence-corrected chi connectivity index (χ2v) is 5.01. The summed E-state index contributed by atoms with van der Waals surface area (Å²) in [4.78, 5) is 0. The SMILES string of the molecule is CCC(N[C@@H](C)c1ccc(OC)cc1)C1CC1. The van der Waals surface area contributed by atoms with Crippen LogP contribution in [0.4, 0.5) is 0 Å². The maximum absolute atomic E-state index is 5.18. The Morgan fingerprint density at radius 3 is 2.41 bits per heavy atom. The standard InChI is InChI=1S/C15H23NO/c1-4-15(13-5-6-13)16-11(2)12-7-9-14(17-3)10-8-12/h7-11,13,15-16H,4-6H2,1-3H3/t11-,15?/m0/s1. The number of ether oxygens (including phenoxy) is 1.